The number of hydrogen-bond acceptors (Lipinski definition) is 20. The number of benzene rings is 15. The number of ether oxygens (including phenoxy) is 2. The molecule has 1 unspecified atom stereocenters. The minimum absolute atomic E-state index is 0.0152. The number of carbonyl (C=O) groups is 16. The van der Waals surface area contributed by atoms with Gasteiger partial charge in [0, 0.05) is 92.9 Å². The van der Waals surface area contributed by atoms with Crippen molar-refractivity contribution in [2.45, 2.75) is 53.0 Å². The minimum atomic E-state index is -1.28. The first-order chi connectivity index (χ1) is 62.0. The van der Waals surface area contributed by atoms with E-state index in [1.807, 2.05) is 193 Å². The summed E-state index contributed by atoms with van der Waals surface area (Å²) in [5.74, 6) is -0.607. The third kappa shape index (κ3) is 15.2. The molecule has 1 aliphatic heterocycles. The second-order valence-corrected chi connectivity index (χ2v) is 38.9. The molecule has 2 aromatic heterocycles. The first kappa shape index (κ1) is 84.3. The topological polar surface area (TPSA) is 292 Å². The lowest BCUT2D eigenvalue weighted by atomic mass is 9.97. The maximum atomic E-state index is 12.1. The molecule has 23 heteroatoms. The molecule has 17 aromatic rings. The maximum absolute atomic E-state index is 12.1. The van der Waals surface area contributed by atoms with Crippen LogP contribution in [-0.4, -0.2) is 107 Å². The normalized spacial score (nSPS) is 16.5. The molecule has 0 spiro atoms. The average molecular weight is 1930 g/mol. The molecule has 0 bridgehead atoms. The molecule has 0 N–H and O–H groups in total. The van der Waals surface area contributed by atoms with Crippen LogP contribution in [0.25, 0.3) is 95.6 Å². The average Bonchev–Trinajstić information content (AvgIpc) is 1.58. The van der Waals surface area contributed by atoms with E-state index in [2.05, 4.69) is 84.2 Å². The Hall–Kier alpha value is -14.2. The Bertz CT molecular complexity index is 7770. The van der Waals surface area contributed by atoms with Gasteiger partial charge in [0.1, 0.15) is 4.32 Å². The van der Waals surface area contributed by atoms with Crippen LogP contribution in [0.5, 0.6) is 11.5 Å². The summed E-state index contributed by atoms with van der Waals surface area (Å²) in [4.78, 5) is 187. The van der Waals surface area contributed by atoms with Gasteiger partial charge < -0.3 is 9.47 Å². The lowest BCUT2D eigenvalue weighted by Gasteiger charge is -2.08. The molecule has 15 aromatic carbocycles. The molecule has 8 aliphatic carbocycles. The lowest BCUT2D eigenvalue weighted by molar-refractivity contribution is 0.0871. The molecule has 0 saturated carbocycles. The molecule has 129 heavy (non-hydrogen) atoms. The van der Waals surface area contributed by atoms with E-state index < -0.39 is 7.56 Å². The van der Waals surface area contributed by atoms with Crippen LogP contribution >= 0.6 is 70.5 Å². The molecular formula is C106H61Br3O18S2. The van der Waals surface area contributed by atoms with E-state index in [-0.39, 0.29) is 138 Å². The number of Topliss-reactive ketones (excluding diaryl/α,β-unsaturated/α-hetero) is 16. The molecule has 0 radical (unpaired) electrons. The molecule has 1 atom stereocenters. The highest BCUT2D eigenvalue weighted by molar-refractivity contribution is 9.26. The Morgan fingerprint density at radius 1 is 0.240 bits per heavy atom. The molecule has 9 aliphatic rings. The molecule has 26 rings (SSSR count). The standard InChI is InChI=1S/2C17H10O2.C13H6Br2O2.2C13H8O2.C12H7BrO2S.C11H6O2S.C10H6O4/c18-16-9-17(19)15-8-13-6-11-4-2-1-3-10(11)5-12(13)7-14(15)16;18-15-9-16(19)17-13(15)6-5-12-7-10-3-1-2-4-11(10)8-14(12)17;14-13(15)11(16)9-5-7-3-1-2-4-8(7)6-10(9)12(13)17;14-12-7-13(15)11-6-9-4-2-1-3-8(9)5-10(11)12;14-11-7-12(15)13-9-4-2-1-3-8(9)5-6-10(11)13;1-12(13)10(14)7-4-6-2-3-16-9(6)5-8(7)11(12)15;12-9-5-10(13)8-4-11-6(1-2-14-11)3-7(8)9;11-6-3-7(12)9-5(6)1-2-8-10(9)14-4-13-8/h2*1-8H,9H2;1-6H;2*1-6H,7H2;2-5H,1H3;1-4H,5H2;1-2H,3-4H2. The Labute approximate surface area is 764 Å². The predicted octanol–water partition coefficient (Wildman–Crippen LogP) is 23.7. The van der Waals surface area contributed by atoms with Gasteiger partial charge in [-0.15, -0.1) is 22.7 Å². The molecule has 626 valence electrons. The summed E-state index contributed by atoms with van der Waals surface area (Å²) in [5, 5.41) is 20.3. The fourth-order valence-electron chi connectivity index (χ4n) is 17.5. The van der Waals surface area contributed by atoms with Crippen LogP contribution in [0.2, 0.25) is 0 Å². The number of fused-ring (bicyclic) bond motifs is 21. The van der Waals surface area contributed by atoms with Crippen molar-refractivity contribution in [1.29, 1.82) is 0 Å². The smallest absolute Gasteiger partial charge is 0.231 e. The fraction of sp³-hybridized carbons (Fsp3) is 0.0943. The summed E-state index contributed by atoms with van der Waals surface area (Å²) in [7, 11) is 0. The second kappa shape index (κ2) is 33.2. The molecule has 18 nitrogen and oxygen atoms in total. The van der Waals surface area contributed by atoms with Crippen molar-refractivity contribution < 1.29 is 86.2 Å². The Balaban J connectivity index is 0.0000000959. The van der Waals surface area contributed by atoms with Gasteiger partial charge >= 0.3 is 0 Å². The number of ketones is 16. The minimum Gasteiger partial charge on any atom is -0.454 e. The summed E-state index contributed by atoms with van der Waals surface area (Å²) < 4.78 is 10.1. The van der Waals surface area contributed by atoms with Gasteiger partial charge in [-0.3, -0.25) is 76.7 Å². The van der Waals surface area contributed by atoms with Gasteiger partial charge in [-0.2, -0.15) is 0 Å². The third-order valence-electron chi connectivity index (χ3n) is 24.0. The number of rotatable bonds is 0. The largest absolute Gasteiger partial charge is 0.454 e. The number of hydrogen-bond donors (Lipinski definition) is 0. The number of thiophene rings is 2. The third-order valence-corrected chi connectivity index (χ3v) is 27.9. The maximum Gasteiger partial charge on any atom is 0.231 e. The van der Waals surface area contributed by atoms with E-state index in [0.717, 1.165) is 95.6 Å². The van der Waals surface area contributed by atoms with Crippen LogP contribution in [0.3, 0.4) is 0 Å². The van der Waals surface area contributed by atoms with Crippen LogP contribution in [-0.2, 0) is 0 Å². The highest BCUT2D eigenvalue weighted by Gasteiger charge is 2.50. The fourth-order valence-corrected chi connectivity index (χ4v) is 20.4. The van der Waals surface area contributed by atoms with Crippen molar-refractivity contribution in [3.63, 3.8) is 0 Å². The number of alkyl halides is 3. The van der Waals surface area contributed by atoms with Crippen LogP contribution in [0.15, 0.2) is 266 Å². The zero-order valence-electron chi connectivity index (χ0n) is 67.7. The zero-order valence-corrected chi connectivity index (χ0v) is 74.0. The molecule has 0 fully saturated rings. The summed E-state index contributed by atoms with van der Waals surface area (Å²) in [6.45, 7) is 1.74. The SMILES string of the molecule is CC1(Br)C(=O)c2cc3ccsc3cc2C1=O.O=C1CC(=O)c2c1ccc1c2OCO1.O=C1CC(=O)c2c1ccc1cc3ccccc3cc21.O=C1CC(=O)c2c1ccc1ccccc21.O=C1CC(=O)c2cc3cc4ccccc4cc3cc21.O=C1CC(=O)c2cc3ccccc3cc21.O=C1CC(=O)c2cc3sccc3cc21.O=C1c2cc3ccccc3cc2C(=O)C1(Br)Br. The van der Waals surface area contributed by atoms with Crippen molar-refractivity contribution in [1.82, 2.24) is 0 Å². The summed E-state index contributed by atoms with van der Waals surface area (Å²) in [5.41, 5.74) is 8.77. The second-order valence-electron chi connectivity index (χ2n) is 32.0. The number of halogens is 3. The summed E-state index contributed by atoms with van der Waals surface area (Å²) in [6.07, 6.45) is 0.100. The van der Waals surface area contributed by atoms with Crippen molar-refractivity contribution in [2.75, 3.05) is 6.79 Å². The summed E-state index contributed by atoms with van der Waals surface area (Å²) in [6, 6.07) is 80.2. The highest BCUT2D eigenvalue weighted by Crippen LogP contribution is 2.46. The quantitative estimate of drug-likeness (QED) is 0.0774. The zero-order chi connectivity index (χ0) is 89.9. The molecule has 3 heterocycles. The van der Waals surface area contributed by atoms with Crippen LogP contribution < -0.4 is 9.47 Å². The highest BCUT2D eigenvalue weighted by atomic mass is 79.9. The molecule has 0 saturated heterocycles. The molecule has 0 amide bonds. The van der Waals surface area contributed by atoms with Gasteiger partial charge in [0.2, 0.25) is 10.0 Å². The van der Waals surface area contributed by atoms with E-state index in [1.165, 1.54) is 0 Å². The Morgan fingerprint density at radius 3 is 0.984 bits per heavy atom. The number of carbonyl (C=O) groups excluding carboxylic acids is 16. The van der Waals surface area contributed by atoms with Gasteiger partial charge in [0.05, 0.1) is 44.1 Å². The van der Waals surface area contributed by atoms with Crippen LogP contribution in [0.4, 0.5) is 0 Å². The lowest BCUT2D eigenvalue weighted by Crippen LogP contribution is -2.29. The molecular weight excluding hydrogens is 1860 g/mol. The van der Waals surface area contributed by atoms with E-state index in [4.69, 9.17) is 9.47 Å². The van der Waals surface area contributed by atoms with E-state index in [9.17, 15) is 76.7 Å². The predicted molar refractivity (Wildman–Crippen MR) is 506 cm³/mol. The van der Waals surface area contributed by atoms with E-state index >= 15 is 0 Å². The van der Waals surface area contributed by atoms with Crippen LogP contribution in [0.1, 0.15) is 211 Å². The summed E-state index contributed by atoms with van der Waals surface area (Å²) >= 11 is 12.7. The first-order valence-corrected chi connectivity index (χ1v) is 44.8. The monoisotopic (exact) mass is 1920 g/mol. The van der Waals surface area contributed by atoms with Crippen molar-refractivity contribution >= 4 is 259 Å². The van der Waals surface area contributed by atoms with E-state index in [0.29, 0.717) is 101 Å². The Morgan fingerprint density at radius 2 is 0.535 bits per heavy atom. The van der Waals surface area contributed by atoms with Gasteiger partial charge in [-0.05, 0) is 213 Å². The van der Waals surface area contributed by atoms with Gasteiger partial charge in [-0.25, -0.2) is 0 Å². The van der Waals surface area contributed by atoms with Gasteiger partial charge in [-0.1, -0.05) is 193 Å². The first-order valence-electron chi connectivity index (χ1n) is 40.6. The van der Waals surface area contributed by atoms with Crippen molar-refractivity contribution in [3.8, 4) is 11.5 Å². The van der Waals surface area contributed by atoms with Crippen molar-refractivity contribution in [3.05, 3.63) is 355 Å². The van der Waals surface area contributed by atoms with Crippen molar-refractivity contribution in [2.24, 2.45) is 0 Å². The van der Waals surface area contributed by atoms with Gasteiger partial charge in [0.15, 0.2) is 104 Å². The van der Waals surface area contributed by atoms with Gasteiger partial charge in [0.25, 0.3) is 0 Å². The van der Waals surface area contributed by atoms with E-state index in [1.54, 1.807) is 66.0 Å². The van der Waals surface area contributed by atoms with Crippen LogP contribution in [0, 0.1) is 0 Å². The Kier molecular flexibility index (Phi) is 21.7.